The first kappa shape index (κ1) is 45.2. The monoisotopic (exact) mass is 810 g/mol. The summed E-state index contributed by atoms with van der Waals surface area (Å²) in [5, 5.41) is 14.2. The molecule has 0 fully saturated rings. The summed E-state index contributed by atoms with van der Waals surface area (Å²) in [6.45, 7) is 9.97. The molecule has 0 radical (unpaired) electrons. The Morgan fingerprint density at radius 1 is 0.644 bits per heavy atom. The Morgan fingerprint density at radius 3 is 1.85 bits per heavy atom. The Bertz CT molecular complexity index is 2050. The number of rotatable bonds is 17. The van der Waals surface area contributed by atoms with E-state index in [9.17, 15) is 28.8 Å². The van der Waals surface area contributed by atoms with Crippen LogP contribution in [0, 0.1) is 0 Å². The highest BCUT2D eigenvalue weighted by Gasteiger charge is 2.30. The van der Waals surface area contributed by atoms with Gasteiger partial charge in [0.25, 0.3) is 0 Å². The van der Waals surface area contributed by atoms with E-state index in [1.54, 1.807) is 71.9 Å². The number of nitrogens with zero attached hydrogens (tertiary/aromatic N) is 1. The molecule has 5 N–H and O–H groups in total. The predicted octanol–water partition coefficient (Wildman–Crippen LogP) is 5.72. The van der Waals surface area contributed by atoms with E-state index in [1.807, 2.05) is 60.7 Å². The summed E-state index contributed by atoms with van der Waals surface area (Å²) in [6.07, 6.45) is -0.429. The van der Waals surface area contributed by atoms with Crippen LogP contribution >= 0.6 is 0 Å². The molecule has 15 heteroatoms. The summed E-state index contributed by atoms with van der Waals surface area (Å²) in [5.41, 5.74) is 0.968. The van der Waals surface area contributed by atoms with E-state index in [1.165, 1.54) is 6.20 Å². The molecule has 59 heavy (non-hydrogen) atoms. The zero-order chi connectivity index (χ0) is 43.0. The number of carbonyl (C=O) groups is 6. The highest BCUT2D eigenvalue weighted by Crippen LogP contribution is 2.17. The standard InChI is InChI=1S/C44H54N6O9/c1-43(2,3)58-41(55)49-34(22-15-23-45-38(52)36(50-42(56)59-44(4,5)6)26-37(51)57-28-30-18-11-8-12-19-30)39(53)48-35(24-29-16-9-7-10-17-29)40(54)47-32-25-31-20-13-14-21-33(31)46-27-32/h7-14,16-21,25,27,34-36H,15,22-24,26,28H2,1-6H3,(H,45,52)(H,47,54)(H,48,53)(H,49,55)(H,50,56)/t34-,35+,36-/m0/s1. The van der Waals surface area contributed by atoms with E-state index in [2.05, 4.69) is 31.6 Å². The van der Waals surface area contributed by atoms with E-state index in [0.717, 1.165) is 22.0 Å². The van der Waals surface area contributed by atoms with Gasteiger partial charge in [-0.1, -0.05) is 78.9 Å². The summed E-state index contributed by atoms with van der Waals surface area (Å²) in [7, 11) is 0. The van der Waals surface area contributed by atoms with Crippen molar-refractivity contribution in [2.24, 2.45) is 0 Å². The molecule has 0 unspecified atom stereocenters. The van der Waals surface area contributed by atoms with Crippen LogP contribution in [0.4, 0.5) is 15.3 Å². The zero-order valence-corrected chi connectivity index (χ0v) is 34.3. The lowest BCUT2D eigenvalue weighted by Crippen LogP contribution is -2.54. The van der Waals surface area contributed by atoms with Gasteiger partial charge in [0.05, 0.1) is 23.8 Å². The van der Waals surface area contributed by atoms with Crippen molar-refractivity contribution >= 4 is 52.5 Å². The van der Waals surface area contributed by atoms with Gasteiger partial charge in [-0.25, -0.2) is 9.59 Å². The van der Waals surface area contributed by atoms with Gasteiger partial charge >= 0.3 is 18.2 Å². The third kappa shape index (κ3) is 16.5. The maximum atomic E-state index is 14.0. The van der Waals surface area contributed by atoms with Crippen molar-refractivity contribution in [2.45, 2.75) is 103 Å². The third-order valence-electron chi connectivity index (χ3n) is 8.37. The number of nitrogens with one attached hydrogen (secondary N) is 5. The number of aromatic nitrogens is 1. The first-order chi connectivity index (χ1) is 27.9. The molecular weight excluding hydrogens is 757 g/mol. The van der Waals surface area contributed by atoms with Crippen LogP contribution in [0.1, 0.15) is 71.9 Å². The number of carbonyl (C=O) groups excluding carboxylic acids is 6. The van der Waals surface area contributed by atoms with Gasteiger partial charge in [-0.15, -0.1) is 0 Å². The fraction of sp³-hybridized carbons (Fsp3) is 0.386. The second kappa shape index (κ2) is 21.3. The van der Waals surface area contributed by atoms with Crippen molar-refractivity contribution in [1.29, 1.82) is 0 Å². The minimum Gasteiger partial charge on any atom is -0.461 e. The Morgan fingerprint density at radius 2 is 1.22 bits per heavy atom. The number of alkyl carbamates (subject to hydrolysis) is 2. The number of amides is 5. The Labute approximate surface area is 344 Å². The van der Waals surface area contributed by atoms with Gasteiger partial charge in [0.2, 0.25) is 17.7 Å². The number of ether oxygens (including phenoxy) is 3. The lowest BCUT2D eigenvalue weighted by molar-refractivity contribution is -0.147. The average Bonchev–Trinajstić information content (AvgIpc) is 3.17. The molecule has 5 amide bonds. The number of fused-ring (bicyclic) bond motifs is 1. The molecule has 4 aromatic rings. The normalized spacial score (nSPS) is 12.8. The van der Waals surface area contributed by atoms with Gasteiger partial charge in [0.1, 0.15) is 35.9 Å². The first-order valence-electron chi connectivity index (χ1n) is 19.4. The van der Waals surface area contributed by atoms with E-state index < -0.39 is 71.6 Å². The number of benzene rings is 3. The Hall–Kier alpha value is -6.51. The van der Waals surface area contributed by atoms with E-state index >= 15 is 0 Å². The van der Waals surface area contributed by atoms with E-state index in [4.69, 9.17) is 14.2 Å². The molecule has 0 spiro atoms. The van der Waals surface area contributed by atoms with Crippen molar-refractivity contribution in [3.8, 4) is 0 Å². The summed E-state index contributed by atoms with van der Waals surface area (Å²) in [4.78, 5) is 83.9. The Kier molecular flexibility index (Phi) is 16.3. The minimum atomic E-state index is -1.35. The maximum absolute atomic E-state index is 14.0. The topological polar surface area (TPSA) is 203 Å². The fourth-order valence-corrected chi connectivity index (χ4v) is 5.68. The maximum Gasteiger partial charge on any atom is 0.408 e. The Balaban J connectivity index is 1.45. The lowest BCUT2D eigenvalue weighted by Gasteiger charge is -2.25. The molecule has 1 heterocycles. The van der Waals surface area contributed by atoms with Crippen molar-refractivity contribution in [3.05, 3.63) is 108 Å². The summed E-state index contributed by atoms with van der Waals surface area (Å²) < 4.78 is 16.1. The van der Waals surface area contributed by atoms with Gasteiger partial charge in [-0.2, -0.15) is 0 Å². The highest BCUT2D eigenvalue weighted by atomic mass is 16.6. The van der Waals surface area contributed by atoms with Gasteiger partial charge in [0, 0.05) is 18.4 Å². The molecule has 4 rings (SSSR count). The van der Waals surface area contributed by atoms with Crippen molar-refractivity contribution in [2.75, 3.05) is 11.9 Å². The van der Waals surface area contributed by atoms with Crippen molar-refractivity contribution < 1.29 is 43.0 Å². The molecule has 3 atom stereocenters. The molecule has 0 saturated carbocycles. The predicted molar refractivity (Wildman–Crippen MR) is 222 cm³/mol. The van der Waals surface area contributed by atoms with Gasteiger partial charge < -0.3 is 40.8 Å². The quantitative estimate of drug-likeness (QED) is 0.0499. The largest absolute Gasteiger partial charge is 0.461 e. The summed E-state index contributed by atoms with van der Waals surface area (Å²) >= 11 is 0. The van der Waals surface area contributed by atoms with Gasteiger partial charge in [-0.05, 0) is 77.6 Å². The van der Waals surface area contributed by atoms with Crippen LogP contribution in [0.3, 0.4) is 0 Å². The van der Waals surface area contributed by atoms with Crippen LogP contribution in [0.5, 0.6) is 0 Å². The number of para-hydroxylation sites is 1. The third-order valence-corrected chi connectivity index (χ3v) is 8.37. The average molecular weight is 811 g/mol. The SMILES string of the molecule is CC(C)(C)OC(=O)N[C@@H](CC(=O)OCc1ccccc1)C(=O)NCCC[C@H](NC(=O)OC(C)(C)C)C(=O)N[C@H](Cc1ccccc1)C(=O)Nc1cnc2ccccc2c1. The molecule has 0 aliphatic carbocycles. The van der Waals surface area contributed by atoms with Crippen LogP contribution in [0.25, 0.3) is 10.9 Å². The zero-order valence-electron chi connectivity index (χ0n) is 34.3. The summed E-state index contributed by atoms with van der Waals surface area (Å²) in [6, 6.07) is 23.7. The molecule has 0 bridgehead atoms. The molecule has 0 aliphatic rings. The highest BCUT2D eigenvalue weighted by molar-refractivity contribution is 5.99. The van der Waals surface area contributed by atoms with Crippen LogP contribution in [-0.4, -0.2) is 76.7 Å². The minimum absolute atomic E-state index is 0.00288. The van der Waals surface area contributed by atoms with Crippen LogP contribution in [0.15, 0.2) is 97.2 Å². The lowest BCUT2D eigenvalue weighted by atomic mass is 10.0. The second-order valence-corrected chi connectivity index (χ2v) is 15.8. The number of anilines is 1. The van der Waals surface area contributed by atoms with E-state index in [-0.39, 0.29) is 32.4 Å². The first-order valence-corrected chi connectivity index (χ1v) is 19.4. The van der Waals surface area contributed by atoms with Crippen molar-refractivity contribution in [3.63, 3.8) is 0 Å². The smallest absolute Gasteiger partial charge is 0.408 e. The van der Waals surface area contributed by atoms with Crippen LogP contribution in [0.2, 0.25) is 0 Å². The molecule has 0 saturated heterocycles. The molecule has 314 valence electrons. The van der Waals surface area contributed by atoms with Crippen molar-refractivity contribution in [1.82, 2.24) is 26.3 Å². The molecule has 0 aliphatic heterocycles. The van der Waals surface area contributed by atoms with Gasteiger partial charge in [0.15, 0.2) is 0 Å². The number of hydrogen-bond acceptors (Lipinski definition) is 10. The molecule has 3 aromatic carbocycles. The molecule has 15 nitrogen and oxygen atoms in total. The second-order valence-electron chi connectivity index (χ2n) is 15.8. The number of esters is 1. The fourth-order valence-electron chi connectivity index (χ4n) is 5.68. The van der Waals surface area contributed by atoms with E-state index in [0.29, 0.717) is 5.69 Å². The van der Waals surface area contributed by atoms with Crippen LogP contribution < -0.4 is 26.6 Å². The number of hydrogen-bond donors (Lipinski definition) is 5. The van der Waals surface area contributed by atoms with Crippen LogP contribution in [-0.2, 0) is 46.4 Å². The molecule has 1 aromatic heterocycles. The number of pyridine rings is 1. The molecular formula is C44H54N6O9. The van der Waals surface area contributed by atoms with Gasteiger partial charge in [-0.3, -0.25) is 24.2 Å². The summed E-state index contributed by atoms with van der Waals surface area (Å²) in [5.74, 6) is -2.60.